The number of amidine groups is 1. The van der Waals surface area contributed by atoms with Gasteiger partial charge in [-0.2, -0.15) is 0 Å². The Morgan fingerprint density at radius 2 is 0.929 bits per heavy atom. The number of ether oxygens (including phenoxy) is 4. The number of anilines is 2. The van der Waals surface area contributed by atoms with Crippen LogP contribution in [-0.2, 0) is 0 Å². The molecule has 3 N–H and O–H groups in total. The summed E-state index contributed by atoms with van der Waals surface area (Å²) in [5, 5.41) is 3.44. The maximum atomic E-state index is 14.3. The SMILES string of the molecule is COc1ccc([C@@H](CCCN)N2C(=O)c3cccc(N4CCN([C@H](C)c5ccccc5)CC4)c3C2=O)cc1OC.COc1ccc([C@@H](CCCNC2=NCCC2)N2C(=O)c3cccc(N4CCN([C@H](C)c5ccccc5)CC4)c3C2=O)cc1OC. The van der Waals surface area contributed by atoms with E-state index >= 15 is 0 Å². The van der Waals surface area contributed by atoms with Crippen LogP contribution < -0.4 is 39.8 Å². The van der Waals surface area contributed by atoms with Crippen LogP contribution >= 0.6 is 0 Å². The number of nitrogens with zero attached hydrogens (tertiary/aromatic N) is 7. The quantitative estimate of drug-likeness (QED) is 0.0515. The predicted molar refractivity (Wildman–Crippen MR) is 333 cm³/mol. The lowest BCUT2D eigenvalue weighted by molar-refractivity contribution is 0.0557. The van der Waals surface area contributed by atoms with E-state index in [0.29, 0.717) is 83.1 Å². The molecule has 5 heterocycles. The molecule has 5 aliphatic heterocycles. The lowest BCUT2D eigenvalue weighted by Gasteiger charge is -2.39. The van der Waals surface area contributed by atoms with Gasteiger partial charge in [0.25, 0.3) is 23.6 Å². The molecule has 17 heteroatoms. The van der Waals surface area contributed by atoms with Crippen molar-refractivity contribution >= 4 is 40.8 Å². The first-order valence-electron chi connectivity index (χ1n) is 30.0. The van der Waals surface area contributed by atoms with Crippen molar-refractivity contribution < 1.29 is 38.1 Å². The molecule has 0 bridgehead atoms. The Bertz CT molecular complexity index is 3340. The Hall–Kier alpha value is -8.25. The van der Waals surface area contributed by atoms with E-state index in [1.54, 1.807) is 40.6 Å². The third-order valence-corrected chi connectivity index (χ3v) is 17.6. The van der Waals surface area contributed by atoms with Gasteiger partial charge in [-0.1, -0.05) is 84.9 Å². The number of rotatable bonds is 21. The summed E-state index contributed by atoms with van der Waals surface area (Å²) in [5.41, 5.74) is 13.7. The average molecular weight is 1150 g/mol. The second kappa shape index (κ2) is 27.6. The van der Waals surface area contributed by atoms with Crippen LogP contribution in [-0.4, -0.2) is 149 Å². The van der Waals surface area contributed by atoms with Gasteiger partial charge in [0.05, 0.1) is 80.0 Å². The predicted octanol–water partition coefficient (Wildman–Crippen LogP) is 10.1. The minimum absolute atomic E-state index is 0.237. The number of carbonyl (C=O) groups is 4. The van der Waals surface area contributed by atoms with Gasteiger partial charge in [-0.15, -0.1) is 0 Å². The zero-order valence-electron chi connectivity index (χ0n) is 50.0. The molecule has 0 spiro atoms. The van der Waals surface area contributed by atoms with Crippen LogP contribution in [0, 0.1) is 0 Å². The maximum absolute atomic E-state index is 14.3. The molecule has 11 rings (SSSR count). The highest BCUT2D eigenvalue weighted by Crippen LogP contribution is 2.43. The molecule has 0 radical (unpaired) electrons. The van der Waals surface area contributed by atoms with E-state index in [1.807, 2.05) is 72.8 Å². The Kier molecular flexibility index (Phi) is 19.5. The molecule has 446 valence electrons. The number of amides is 4. The molecule has 2 fully saturated rings. The van der Waals surface area contributed by atoms with Crippen molar-refractivity contribution in [1.29, 1.82) is 0 Å². The second-order valence-electron chi connectivity index (χ2n) is 22.3. The number of nitrogens with one attached hydrogen (secondary N) is 1. The Balaban J connectivity index is 0.000000190. The third-order valence-electron chi connectivity index (χ3n) is 17.6. The molecule has 5 aliphatic rings. The van der Waals surface area contributed by atoms with Crippen LogP contribution in [0.1, 0.15) is 140 Å². The number of piperazine rings is 2. The number of benzene rings is 6. The number of nitrogens with two attached hydrogens (primary N) is 1. The summed E-state index contributed by atoms with van der Waals surface area (Å²) in [6.45, 7) is 13.2. The monoisotopic (exact) mass is 1150 g/mol. The lowest BCUT2D eigenvalue weighted by atomic mass is 9.99. The molecular weight excluding hydrogens is 1070 g/mol. The number of carbonyl (C=O) groups excluding carboxylic acids is 4. The Labute approximate surface area is 500 Å². The minimum Gasteiger partial charge on any atom is -0.493 e. The first-order chi connectivity index (χ1) is 41.5. The zero-order chi connectivity index (χ0) is 59.6. The van der Waals surface area contributed by atoms with Gasteiger partial charge in [0, 0.05) is 84.0 Å². The summed E-state index contributed by atoms with van der Waals surface area (Å²) in [6, 6.07) is 43.3. The molecule has 6 aromatic rings. The van der Waals surface area contributed by atoms with Crippen LogP contribution in [0.2, 0.25) is 0 Å². The summed E-state index contributed by atoms with van der Waals surface area (Å²) in [5.74, 6) is 2.35. The number of aliphatic imine (C=N–C) groups is 1. The van der Waals surface area contributed by atoms with Crippen LogP contribution in [0.3, 0.4) is 0 Å². The molecule has 4 atom stereocenters. The molecule has 0 saturated carbocycles. The highest BCUT2D eigenvalue weighted by molar-refractivity contribution is 6.25. The zero-order valence-corrected chi connectivity index (χ0v) is 50.0. The van der Waals surface area contributed by atoms with Gasteiger partial charge >= 0.3 is 0 Å². The second-order valence-corrected chi connectivity index (χ2v) is 22.3. The molecule has 17 nitrogen and oxygen atoms in total. The molecule has 4 amide bonds. The van der Waals surface area contributed by atoms with E-state index in [-0.39, 0.29) is 23.6 Å². The third kappa shape index (κ3) is 12.8. The largest absolute Gasteiger partial charge is 0.493 e. The number of methoxy groups -OCH3 is 4. The van der Waals surface area contributed by atoms with E-state index in [0.717, 1.165) is 113 Å². The molecule has 6 aromatic carbocycles. The fourth-order valence-corrected chi connectivity index (χ4v) is 12.8. The highest BCUT2D eigenvalue weighted by atomic mass is 16.5. The van der Waals surface area contributed by atoms with Gasteiger partial charge in [-0.05, 0) is 123 Å². The van der Waals surface area contributed by atoms with Crippen molar-refractivity contribution in [3.63, 3.8) is 0 Å². The fraction of sp³-hybridized carbons (Fsp3) is 0.397. The standard InChI is InChI=1S/C36H43N5O4.C32H38N4O4/c1-25(26-10-5-4-6-11-26)39-20-22-40(23-21-39)30-13-7-12-28-34(30)36(43)41(35(28)42)29(14-8-18-37-33-15-9-19-38-33)27-16-17-31(44-2)32(24-27)45-3;1-22(23-9-5-4-6-10-23)34-17-19-35(20-18-34)27-12-7-11-25-30(27)32(38)36(31(25)37)26(13-8-16-33)24-14-15-28(39-2)29(21-24)40-3/h4-7,10-13,16-17,24-25,29H,8-9,14-15,18-23H2,1-3H3,(H,37,38);4-7,9-12,14-15,21-22,26H,8,13,16-20,33H2,1-3H3/t25-,29-;22-,26-/m11/s1. The summed E-state index contributed by atoms with van der Waals surface area (Å²) in [7, 11) is 6.35. The Morgan fingerprint density at radius 1 is 0.494 bits per heavy atom. The summed E-state index contributed by atoms with van der Waals surface area (Å²) >= 11 is 0. The van der Waals surface area contributed by atoms with Crippen molar-refractivity contribution in [3.05, 3.63) is 178 Å². The fourth-order valence-electron chi connectivity index (χ4n) is 12.8. The molecule has 85 heavy (non-hydrogen) atoms. The first-order valence-corrected chi connectivity index (χ1v) is 30.0. The van der Waals surface area contributed by atoms with Crippen molar-refractivity contribution in [3.8, 4) is 23.0 Å². The minimum atomic E-state index is -0.466. The smallest absolute Gasteiger partial charge is 0.264 e. The molecular formula is C68H81N9O8. The van der Waals surface area contributed by atoms with E-state index in [2.05, 4.69) is 92.3 Å². The Morgan fingerprint density at radius 3 is 1.33 bits per heavy atom. The molecule has 2 saturated heterocycles. The topological polar surface area (TPSA) is 175 Å². The molecule has 0 unspecified atom stereocenters. The van der Waals surface area contributed by atoms with Gasteiger partial charge in [0.2, 0.25) is 0 Å². The lowest BCUT2D eigenvalue weighted by Crippen LogP contribution is -2.47. The van der Waals surface area contributed by atoms with E-state index < -0.39 is 12.1 Å². The van der Waals surface area contributed by atoms with Crippen molar-refractivity contribution in [2.24, 2.45) is 10.7 Å². The summed E-state index contributed by atoms with van der Waals surface area (Å²) in [6.07, 6.45) is 4.64. The highest BCUT2D eigenvalue weighted by Gasteiger charge is 2.45. The first kappa shape index (κ1) is 59.9. The van der Waals surface area contributed by atoms with E-state index in [9.17, 15) is 19.2 Å². The maximum Gasteiger partial charge on any atom is 0.264 e. The summed E-state index contributed by atoms with van der Waals surface area (Å²) < 4.78 is 22.0. The number of hydrogen-bond donors (Lipinski definition) is 2. The van der Waals surface area contributed by atoms with Gasteiger partial charge in [0.15, 0.2) is 23.0 Å². The number of fused-ring (bicyclic) bond motifs is 2. The van der Waals surface area contributed by atoms with Crippen LogP contribution in [0.25, 0.3) is 0 Å². The number of hydrogen-bond acceptors (Lipinski definition) is 15. The van der Waals surface area contributed by atoms with Crippen molar-refractivity contribution in [2.75, 3.05) is 110 Å². The molecule has 0 aliphatic carbocycles. The van der Waals surface area contributed by atoms with E-state index in [1.165, 1.54) is 20.9 Å². The van der Waals surface area contributed by atoms with Gasteiger partial charge in [-0.3, -0.25) is 43.8 Å². The molecule has 0 aromatic heterocycles. The van der Waals surface area contributed by atoms with Crippen molar-refractivity contribution in [2.45, 2.75) is 76.5 Å². The van der Waals surface area contributed by atoms with Crippen LogP contribution in [0.5, 0.6) is 23.0 Å². The average Bonchev–Trinajstić information content (AvgIpc) is 1.99. The number of imide groups is 2. The normalized spacial score (nSPS) is 17.6. The van der Waals surface area contributed by atoms with Gasteiger partial charge in [-0.25, -0.2) is 0 Å². The van der Waals surface area contributed by atoms with Gasteiger partial charge in [0.1, 0.15) is 0 Å². The van der Waals surface area contributed by atoms with E-state index in [4.69, 9.17) is 24.7 Å². The van der Waals surface area contributed by atoms with Gasteiger partial charge < -0.3 is 39.8 Å². The summed E-state index contributed by atoms with van der Waals surface area (Å²) in [4.78, 5) is 73.1. The van der Waals surface area contributed by atoms with Crippen LogP contribution in [0.15, 0.2) is 138 Å². The van der Waals surface area contributed by atoms with Crippen molar-refractivity contribution in [1.82, 2.24) is 24.9 Å². The van der Waals surface area contributed by atoms with Crippen LogP contribution in [0.4, 0.5) is 11.4 Å².